The van der Waals surface area contributed by atoms with Gasteiger partial charge in [0.25, 0.3) is 0 Å². The van der Waals surface area contributed by atoms with Crippen molar-refractivity contribution in [1.82, 2.24) is 10.2 Å². The SMILES string of the molecule is Cc1cscc1CN1CC(=O)NC2(CCCC2)C1=O. The first kappa shape index (κ1) is 12.7. The standard InChI is InChI=1S/C14H18N2O2S/c1-10-8-19-9-11(10)6-16-7-12(17)15-14(13(16)18)4-2-3-5-14/h8-9H,2-7H2,1H3,(H,15,17). The van der Waals surface area contributed by atoms with Crippen LogP contribution in [0.25, 0.3) is 0 Å². The zero-order valence-electron chi connectivity index (χ0n) is 11.1. The van der Waals surface area contributed by atoms with E-state index in [-0.39, 0.29) is 18.4 Å². The van der Waals surface area contributed by atoms with E-state index in [0.29, 0.717) is 6.54 Å². The molecule has 4 nitrogen and oxygen atoms in total. The number of hydrogen-bond donors (Lipinski definition) is 1. The van der Waals surface area contributed by atoms with Crippen LogP contribution in [-0.4, -0.2) is 28.8 Å². The number of rotatable bonds is 2. The lowest BCUT2D eigenvalue weighted by molar-refractivity contribution is -0.150. The van der Waals surface area contributed by atoms with Crippen molar-refractivity contribution < 1.29 is 9.59 Å². The van der Waals surface area contributed by atoms with Gasteiger partial charge < -0.3 is 10.2 Å². The molecule has 1 N–H and O–H groups in total. The highest BCUT2D eigenvalue weighted by atomic mass is 32.1. The lowest BCUT2D eigenvalue weighted by Crippen LogP contribution is -2.65. The van der Waals surface area contributed by atoms with E-state index in [9.17, 15) is 9.59 Å². The summed E-state index contributed by atoms with van der Waals surface area (Å²) in [5, 5.41) is 7.08. The second-order valence-corrected chi connectivity index (χ2v) is 6.32. The van der Waals surface area contributed by atoms with E-state index in [0.717, 1.165) is 31.2 Å². The van der Waals surface area contributed by atoms with E-state index in [1.807, 2.05) is 6.92 Å². The number of aryl methyl sites for hydroxylation is 1. The summed E-state index contributed by atoms with van der Waals surface area (Å²) in [4.78, 5) is 26.3. The van der Waals surface area contributed by atoms with Crippen molar-refractivity contribution in [2.24, 2.45) is 0 Å². The maximum Gasteiger partial charge on any atom is 0.249 e. The van der Waals surface area contributed by atoms with Gasteiger partial charge in [0, 0.05) is 6.54 Å². The molecule has 1 aromatic heterocycles. The number of piperazine rings is 1. The van der Waals surface area contributed by atoms with Crippen LogP contribution in [0.1, 0.15) is 36.8 Å². The Morgan fingerprint density at radius 2 is 2.05 bits per heavy atom. The topological polar surface area (TPSA) is 49.4 Å². The highest BCUT2D eigenvalue weighted by Gasteiger charge is 2.48. The third-order valence-corrected chi connectivity index (χ3v) is 5.10. The van der Waals surface area contributed by atoms with Crippen LogP contribution in [0.4, 0.5) is 0 Å². The van der Waals surface area contributed by atoms with Crippen LogP contribution in [0.3, 0.4) is 0 Å². The normalized spacial score (nSPS) is 22.1. The summed E-state index contributed by atoms with van der Waals surface area (Å²) in [6.45, 7) is 2.80. The molecule has 1 aliphatic carbocycles. The first-order valence-corrected chi connectivity index (χ1v) is 7.67. The summed E-state index contributed by atoms with van der Waals surface area (Å²) in [5.41, 5.74) is 1.75. The molecule has 0 aromatic carbocycles. The number of thiophene rings is 1. The molecule has 1 aromatic rings. The molecule has 0 bridgehead atoms. The minimum absolute atomic E-state index is 0.0191. The van der Waals surface area contributed by atoms with Crippen molar-refractivity contribution in [2.45, 2.75) is 44.7 Å². The lowest BCUT2D eigenvalue weighted by atomic mass is 9.93. The van der Waals surface area contributed by atoms with E-state index in [4.69, 9.17) is 0 Å². The fourth-order valence-corrected chi connectivity index (χ4v) is 3.96. The molecule has 2 amide bonds. The third-order valence-electron chi connectivity index (χ3n) is 4.19. The van der Waals surface area contributed by atoms with Gasteiger partial charge in [-0.15, -0.1) is 0 Å². The van der Waals surface area contributed by atoms with Crippen LogP contribution in [0.2, 0.25) is 0 Å². The predicted molar refractivity (Wildman–Crippen MR) is 73.8 cm³/mol. The average molecular weight is 278 g/mol. The maximum atomic E-state index is 12.6. The van der Waals surface area contributed by atoms with Crippen LogP contribution in [0.15, 0.2) is 10.8 Å². The average Bonchev–Trinajstić information content (AvgIpc) is 2.97. The molecule has 3 rings (SSSR count). The molecule has 1 spiro atoms. The Balaban J connectivity index is 1.83. The molecule has 5 heteroatoms. The zero-order chi connectivity index (χ0) is 13.5. The fourth-order valence-electron chi connectivity index (χ4n) is 3.11. The molecule has 0 atom stereocenters. The minimum atomic E-state index is -0.598. The van der Waals surface area contributed by atoms with Gasteiger partial charge in [-0.05, 0) is 41.7 Å². The van der Waals surface area contributed by atoms with E-state index >= 15 is 0 Å². The molecule has 0 unspecified atom stereocenters. The van der Waals surface area contributed by atoms with Gasteiger partial charge in [0.2, 0.25) is 11.8 Å². The summed E-state index contributed by atoms with van der Waals surface area (Å²) < 4.78 is 0. The second kappa shape index (κ2) is 4.63. The van der Waals surface area contributed by atoms with Gasteiger partial charge in [-0.2, -0.15) is 11.3 Å². The van der Waals surface area contributed by atoms with Crippen molar-refractivity contribution in [1.29, 1.82) is 0 Å². The number of hydrogen-bond acceptors (Lipinski definition) is 3. The molecule has 2 aliphatic rings. The third kappa shape index (κ3) is 2.16. The molecule has 102 valence electrons. The number of carbonyl (C=O) groups excluding carboxylic acids is 2. The van der Waals surface area contributed by atoms with Crippen molar-refractivity contribution in [3.8, 4) is 0 Å². The second-order valence-electron chi connectivity index (χ2n) is 5.58. The molecule has 1 saturated carbocycles. The molecule has 1 aliphatic heterocycles. The van der Waals surface area contributed by atoms with Crippen LogP contribution in [0.5, 0.6) is 0 Å². The van der Waals surface area contributed by atoms with Gasteiger partial charge in [0.15, 0.2) is 0 Å². The molecular formula is C14H18N2O2S. The van der Waals surface area contributed by atoms with Crippen molar-refractivity contribution in [2.75, 3.05) is 6.54 Å². The molecule has 1 saturated heterocycles. The first-order chi connectivity index (χ1) is 9.11. The van der Waals surface area contributed by atoms with Crippen LogP contribution in [0, 0.1) is 6.92 Å². The van der Waals surface area contributed by atoms with Gasteiger partial charge in [0.05, 0.1) is 6.54 Å². The van der Waals surface area contributed by atoms with Crippen LogP contribution in [-0.2, 0) is 16.1 Å². The van der Waals surface area contributed by atoms with Crippen molar-refractivity contribution in [3.63, 3.8) is 0 Å². The van der Waals surface area contributed by atoms with Gasteiger partial charge in [-0.1, -0.05) is 12.8 Å². The summed E-state index contributed by atoms with van der Waals surface area (Å²) in [7, 11) is 0. The Hall–Kier alpha value is -1.36. The Bertz CT molecular complexity index is 517. The van der Waals surface area contributed by atoms with E-state index in [1.54, 1.807) is 16.2 Å². The number of amides is 2. The quantitative estimate of drug-likeness (QED) is 0.897. The van der Waals surface area contributed by atoms with E-state index in [2.05, 4.69) is 16.1 Å². The predicted octanol–water partition coefficient (Wildman–Crippen LogP) is 1.83. The molecule has 19 heavy (non-hydrogen) atoms. The van der Waals surface area contributed by atoms with Crippen LogP contribution < -0.4 is 5.32 Å². The Morgan fingerprint density at radius 1 is 1.32 bits per heavy atom. The van der Waals surface area contributed by atoms with E-state index < -0.39 is 5.54 Å². The Labute approximate surface area is 116 Å². The molecular weight excluding hydrogens is 260 g/mol. The van der Waals surface area contributed by atoms with Gasteiger partial charge in [-0.25, -0.2) is 0 Å². The minimum Gasteiger partial charge on any atom is -0.340 e. The highest BCUT2D eigenvalue weighted by molar-refractivity contribution is 7.08. The van der Waals surface area contributed by atoms with Gasteiger partial charge in [0.1, 0.15) is 5.54 Å². The molecule has 2 fully saturated rings. The summed E-state index contributed by atoms with van der Waals surface area (Å²) in [6, 6.07) is 0. The van der Waals surface area contributed by atoms with Gasteiger partial charge >= 0.3 is 0 Å². The number of nitrogens with zero attached hydrogens (tertiary/aromatic N) is 1. The zero-order valence-corrected chi connectivity index (χ0v) is 11.9. The van der Waals surface area contributed by atoms with Crippen molar-refractivity contribution >= 4 is 23.2 Å². The maximum absolute atomic E-state index is 12.6. The van der Waals surface area contributed by atoms with Gasteiger partial charge in [-0.3, -0.25) is 9.59 Å². The van der Waals surface area contributed by atoms with E-state index in [1.165, 1.54) is 5.56 Å². The smallest absolute Gasteiger partial charge is 0.249 e. The van der Waals surface area contributed by atoms with Crippen LogP contribution >= 0.6 is 11.3 Å². The highest BCUT2D eigenvalue weighted by Crippen LogP contribution is 2.34. The Kier molecular flexibility index (Phi) is 3.09. The first-order valence-electron chi connectivity index (χ1n) is 6.73. The summed E-state index contributed by atoms with van der Waals surface area (Å²) in [6.07, 6.45) is 3.63. The number of carbonyl (C=O) groups is 2. The largest absolute Gasteiger partial charge is 0.340 e. The molecule has 2 heterocycles. The lowest BCUT2D eigenvalue weighted by Gasteiger charge is -2.39. The number of nitrogens with one attached hydrogen (secondary N) is 1. The summed E-state index contributed by atoms with van der Waals surface area (Å²) >= 11 is 1.64. The van der Waals surface area contributed by atoms with Crippen molar-refractivity contribution in [3.05, 3.63) is 21.9 Å². The Morgan fingerprint density at radius 3 is 2.68 bits per heavy atom. The summed E-state index contributed by atoms with van der Waals surface area (Å²) in [5.74, 6) is 0.0876. The fraction of sp³-hybridized carbons (Fsp3) is 0.571. The monoisotopic (exact) mass is 278 g/mol. The molecule has 0 radical (unpaired) electrons.